The molecule has 1 saturated carbocycles. The number of nitrogens with zero attached hydrogens (tertiary/aromatic N) is 2. The molecule has 1 fully saturated rings. The maximum absolute atomic E-state index is 9.51. The van der Waals surface area contributed by atoms with E-state index in [1.165, 1.54) is 18.4 Å². The Hall–Kier alpha value is -1.39. The molecule has 1 N–H and O–H groups in total. The van der Waals surface area contributed by atoms with Crippen molar-refractivity contribution in [3.05, 3.63) is 46.4 Å². The maximum Gasteiger partial charge on any atom is 0.0931 e. The molecule has 3 rings (SSSR count). The van der Waals surface area contributed by atoms with Gasteiger partial charge in [-0.3, -0.25) is 4.98 Å². The average Bonchev–Trinajstić information content (AvgIpc) is 3.13. The Morgan fingerprint density at radius 3 is 2.79 bits per heavy atom. The monoisotopic (exact) mass is 274 g/mol. The Morgan fingerprint density at radius 2 is 2.26 bits per heavy atom. The summed E-state index contributed by atoms with van der Waals surface area (Å²) in [5.41, 5.74) is 3.24. The average molecular weight is 274 g/mol. The lowest BCUT2D eigenvalue weighted by Crippen LogP contribution is -2.24. The summed E-state index contributed by atoms with van der Waals surface area (Å²) in [5, 5.41) is 13.8. The van der Waals surface area contributed by atoms with Crippen LogP contribution in [0.25, 0.3) is 0 Å². The van der Waals surface area contributed by atoms with Crippen LogP contribution in [0.15, 0.2) is 35.2 Å². The predicted octanol–water partition coefficient (Wildman–Crippen LogP) is 3.37. The molecule has 0 radical (unpaired) electrons. The summed E-state index contributed by atoms with van der Waals surface area (Å²) in [4.78, 5) is 6.77. The third-order valence-electron chi connectivity index (χ3n) is 3.45. The minimum atomic E-state index is -0.500. The zero-order valence-corrected chi connectivity index (χ0v) is 11.8. The van der Waals surface area contributed by atoms with Crippen LogP contribution in [-0.4, -0.2) is 16.1 Å². The minimum Gasteiger partial charge on any atom is -0.387 e. The largest absolute Gasteiger partial charge is 0.387 e. The number of hydrogen-bond acceptors (Lipinski definition) is 4. The first-order chi connectivity index (χ1) is 9.24. The number of pyridine rings is 1. The van der Waals surface area contributed by atoms with Gasteiger partial charge in [-0.15, -0.1) is 0 Å². The smallest absolute Gasteiger partial charge is 0.0931 e. The fourth-order valence-electron chi connectivity index (χ4n) is 2.21. The highest BCUT2D eigenvalue weighted by Crippen LogP contribution is 2.33. The van der Waals surface area contributed by atoms with E-state index in [9.17, 15) is 5.11 Å². The van der Waals surface area contributed by atoms with Crippen molar-refractivity contribution in [2.75, 3.05) is 4.90 Å². The van der Waals surface area contributed by atoms with Crippen molar-refractivity contribution in [3.8, 4) is 0 Å². The zero-order chi connectivity index (χ0) is 13.2. The van der Waals surface area contributed by atoms with E-state index in [-0.39, 0.29) is 0 Å². The van der Waals surface area contributed by atoms with E-state index in [1.54, 1.807) is 18.3 Å². The summed E-state index contributed by atoms with van der Waals surface area (Å²) < 4.78 is 0. The molecule has 1 atom stereocenters. The van der Waals surface area contributed by atoms with E-state index in [4.69, 9.17) is 0 Å². The van der Waals surface area contributed by atoms with Gasteiger partial charge >= 0.3 is 0 Å². The van der Waals surface area contributed by atoms with Crippen LogP contribution in [0.3, 0.4) is 0 Å². The van der Waals surface area contributed by atoms with Gasteiger partial charge in [0.05, 0.1) is 23.7 Å². The summed E-state index contributed by atoms with van der Waals surface area (Å²) >= 11 is 1.74. The molecule has 0 aliphatic heterocycles. The minimum absolute atomic E-state index is 0.500. The van der Waals surface area contributed by atoms with Gasteiger partial charge in [0, 0.05) is 12.6 Å². The lowest BCUT2D eigenvalue weighted by atomic mass is 10.2. The van der Waals surface area contributed by atoms with Crippen LogP contribution in [0.5, 0.6) is 0 Å². The van der Waals surface area contributed by atoms with Crippen LogP contribution in [-0.2, 0) is 6.54 Å². The highest BCUT2D eigenvalue weighted by atomic mass is 32.1. The van der Waals surface area contributed by atoms with E-state index < -0.39 is 6.10 Å². The number of anilines is 1. The number of aliphatic hydroxyl groups is 1. The molecule has 100 valence electrons. The van der Waals surface area contributed by atoms with E-state index in [0.29, 0.717) is 6.04 Å². The van der Waals surface area contributed by atoms with Gasteiger partial charge in [-0.1, -0.05) is 0 Å². The summed E-state index contributed by atoms with van der Waals surface area (Å²) in [7, 11) is 0. The Bertz CT molecular complexity index is 518. The molecule has 1 unspecified atom stereocenters. The lowest BCUT2D eigenvalue weighted by Gasteiger charge is -2.24. The summed E-state index contributed by atoms with van der Waals surface area (Å²) in [6, 6.07) is 6.82. The van der Waals surface area contributed by atoms with Gasteiger partial charge in [0.1, 0.15) is 0 Å². The molecule has 3 nitrogen and oxygen atoms in total. The molecular formula is C15H18N2OS. The summed E-state index contributed by atoms with van der Waals surface area (Å²) in [6.07, 6.45) is 3.91. The second-order valence-electron chi connectivity index (χ2n) is 5.11. The molecule has 1 aliphatic carbocycles. The Balaban J connectivity index is 1.79. The van der Waals surface area contributed by atoms with Crippen molar-refractivity contribution in [3.63, 3.8) is 0 Å². The number of hydrogen-bond donors (Lipinski definition) is 1. The molecule has 19 heavy (non-hydrogen) atoms. The van der Waals surface area contributed by atoms with Crippen LogP contribution >= 0.6 is 11.3 Å². The van der Waals surface area contributed by atoms with Crippen molar-refractivity contribution in [1.82, 2.24) is 4.98 Å². The first-order valence-corrected chi connectivity index (χ1v) is 7.60. The normalized spacial score (nSPS) is 16.3. The fraction of sp³-hybridized carbons (Fsp3) is 0.400. The molecule has 0 bridgehead atoms. The molecule has 0 spiro atoms. The van der Waals surface area contributed by atoms with Crippen molar-refractivity contribution in [2.24, 2.45) is 0 Å². The molecule has 2 aromatic heterocycles. The molecule has 0 amide bonds. The van der Waals surface area contributed by atoms with Crippen LogP contribution in [0.2, 0.25) is 0 Å². The number of aromatic nitrogens is 1. The van der Waals surface area contributed by atoms with Crippen molar-refractivity contribution in [1.29, 1.82) is 0 Å². The van der Waals surface area contributed by atoms with Gasteiger partial charge < -0.3 is 10.0 Å². The topological polar surface area (TPSA) is 36.4 Å². The first kappa shape index (κ1) is 12.6. The van der Waals surface area contributed by atoms with Crippen LogP contribution in [0.4, 0.5) is 5.69 Å². The molecule has 2 aromatic rings. The van der Waals surface area contributed by atoms with Gasteiger partial charge in [0.25, 0.3) is 0 Å². The maximum atomic E-state index is 9.51. The van der Waals surface area contributed by atoms with Crippen LogP contribution in [0.1, 0.15) is 37.1 Å². The Kier molecular flexibility index (Phi) is 3.53. The SMILES string of the molecule is CC(O)c1ccc(N(Cc2ccsc2)C2CC2)cn1. The van der Waals surface area contributed by atoms with Crippen molar-refractivity contribution in [2.45, 2.75) is 38.5 Å². The van der Waals surface area contributed by atoms with Gasteiger partial charge in [0.2, 0.25) is 0 Å². The van der Waals surface area contributed by atoms with E-state index in [2.05, 4.69) is 32.8 Å². The molecule has 1 aliphatic rings. The van der Waals surface area contributed by atoms with E-state index in [0.717, 1.165) is 17.9 Å². The van der Waals surface area contributed by atoms with Crippen molar-refractivity contribution < 1.29 is 5.11 Å². The predicted molar refractivity (Wildman–Crippen MR) is 78.4 cm³/mol. The van der Waals surface area contributed by atoms with E-state index >= 15 is 0 Å². The molecule has 0 aromatic carbocycles. The van der Waals surface area contributed by atoms with Crippen LogP contribution in [0, 0.1) is 0 Å². The molecule has 0 saturated heterocycles. The molecular weight excluding hydrogens is 256 g/mol. The Labute approximate surface area is 117 Å². The van der Waals surface area contributed by atoms with Gasteiger partial charge in [-0.25, -0.2) is 0 Å². The summed E-state index contributed by atoms with van der Waals surface area (Å²) in [6.45, 7) is 2.69. The Morgan fingerprint density at radius 1 is 1.42 bits per heavy atom. The lowest BCUT2D eigenvalue weighted by molar-refractivity contribution is 0.194. The van der Waals surface area contributed by atoms with Gasteiger partial charge in [-0.05, 0) is 54.3 Å². The number of thiophene rings is 1. The number of rotatable bonds is 5. The highest BCUT2D eigenvalue weighted by Gasteiger charge is 2.29. The first-order valence-electron chi connectivity index (χ1n) is 6.66. The third kappa shape index (κ3) is 2.96. The van der Waals surface area contributed by atoms with Crippen molar-refractivity contribution >= 4 is 17.0 Å². The highest BCUT2D eigenvalue weighted by molar-refractivity contribution is 7.07. The molecule has 4 heteroatoms. The van der Waals surface area contributed by atoms with E-state index in [1.807, 2.05) is 12.3 Å². The molecule has 2 heterocycles. The second kappa shape index (κ2) is 5.31. The third-order valence-corrected chi connectivity index (χ3v) is 4.18. The fourth-order valence-corrected chi connectivity index (χ4v) is 2.87. The second-order valence-corrected chi connectivity index (χ2v) is 5.89. The van der Waals surface area contributed by atoms with Gasteiger partial charge in [-0.2, -0.15) is 11.3 Å². The summed E-state index contributed by atoms with van der Waals surface area (Å²) in [5.74, 6) is 0. The van der Waals surface area contributed by atoms with Gasteiger partial charge in [0.15, 0.2) is 0 Å². The number of aliphatic hydroxyl groups excluding tert-OH is 1. The standard InChI is InChI=1S/C15H18N2OS/c1-11(18)15-5-4-14(8-16-15)17(13-2-3-13)9-12-6-7-19-10-12/h4-8,10-11,13,18H,2-3,9H2,1H3. The zero-order valence-electron chi connectivity index (χ0n) is 11.0. The van der Waals surface area contributed by atoms with Crippen LogP contribution < -0.4 is 4.90 Å². The quantitative estimate of drug-likeness (QED) is 0.908.